The number of hydrogen-bond donors (Lipinski definition) is 3. The minimum absolute atomic E-state index is 0. The standard InChI is InChI=1S/C47H59N4OP.ClH/c1-6-9-30-53(31-10-7-2,32-11-8-3)35-38-21-28-42(29-22-38)48-46(52)45(34-39-20-23-40-14-12-13-15-41(40)33-39)51-47(49-43-24-16-36(4)17-25-43)50-44-26-18-37(5)19-27-44;/h12-29,33,45H,6-11,30-32,34-35H2,1-5H3,(H2-,48,49,50,51,52);1H/t45-;/m1./s1. The van der Waals surface area contributed by atoms with Crippen LogP contribution in [0.2, 0.25) is 0 Å². The Labute approximate surface area is 331 Å². The van der Waals surface area contributed by atoms with Crippen LogP contribution in [0, 0.1) is 13.8 Å². The molecule has 0 bridgehead atoms. The molecular formula is C47H60ClN4OP. The van der Waals surface area contributed by atoms with Crippen molar-refractivity contribution in [3.63, 3.8) is 0 Å². The van der Waals surface area contributed by atoms with Crippen LogP contribution in [-0.2, 0) is 17.4 Å². The molecule has 0 spiro atoms. The maximum atomic E-state index is 14.3. The van der Waals surface area contributed by atoms with Gasteiger partial charge in [-0.05, 0) is 91.4 Å². The minimum Gasteiger partial charge on any atom is -1.00 e. The van der Waals surface area contributed by atoms with Crippen LogP contribution in [0.4, 0.5) is 17.1 Å². The van der Waals surface area contributed by atoms with Gasteiger partial charge in [0, 0.05) is 30.7 Å². The Balaban J connectivity index is 0.00000650. The summed E-state index contributed by atoms with van der Waals surface area (Å²) in [6.45, 7) is 11.1. The Bertz CT molecular complexity index is 1840. The number of hydrogen-bond acceptors (Lipinski definition) is 2. The molecule has 5 aromatic rings. The highest BCUT2D eigenvalue weighted by Crippen LogP contribution is 2.63. The average Bonchev–Trinajstić information content (AvgIpc) is 3.17. The van der Waals surface area contributed by atoms with E-state index in [4.69, 9.17) is 4.99 Å². The largest absolute Gasteiger partial charge is 1.00 e. The molecule has 0 radical (unpaired) electrons. The van der Waals surface area contributed by atoms with E-state index in [-0.39, 0.29) is 18.3 Å². The smallest absolute Gasteiger partial charge is 0.249 e. The number of nitrogens with zero attached hydrogens (tertiary/aromatic N) is 1. The first-order chi connectivity index (χ1) is 25.8. The Hall–Kier alpha value is -4.18. The fourth-order valence-electron chi connectivity index (χ4n) is 6.94. The number of aliphatic imine (C=N–C) groups is 1. The molecule has 0 aliphatic carbocycles. The molecule has 0 aromatic heterocycles. The fraction of sp³-hybridized carbons (Fsp3) is 0.362. The van der Waals surface area contributed by atoms with E-state index in [0.29, 0.717) is 12.4 Å². The molecular weight excluding hydrogens is 703 g/mol. The molecule has 0 aliphatic heterocycles. The third-order valence-corrected chi connectivity index (χ3v) is 15.0. The molecule has 54 heavy (non-hydrogen) atoms. The van der Waals surface area contributed by atoms with Crippen LogP contribution >= 0.6 is 7.26 Å². The number of aryl methyl sites for hydroxylation is 2. The molecule has 1 amide bonds. The van der Waals surface area contributed by atoms with E-state index in [9.17, 15) is 4.79 Å². The summed E-state index contributed by atoms with van der Waals surface area (Å²) in [6.07, 6.45) is 13.6. The highest BCUT2D eigenvalue weighted by atomic mass is 35.5. The van der Waals surface area contributed by atoms with Gasteiger partial charge in [-0.15, -0.1) is 0 Å². The van der Waals surface area contributed by atoms with Gasteiger partial charge in [-0.25, -0.2) is 4.99 Å². The number of amides is 1. The van der Waals surface area contributed by atoms with Crippen LogP contribution in [0.5, 0.6) is 0 Å². The monoisotopic (exact) mass is 762 g/mol. The molecule has 0 heterocycles. The van der Waals surface area contributed by atoms with Crippen molar-refractivity contribution in [3.8, 4) is 0 Å². The van der Waals surface area contributed by atoms with Crippen molar-refractivity contribution < 1.29 is 17.2 Å². The Morgan fingerprint density at radius 2 is 1.06 bits per heavy atom. The molecule has 3 N–H and O–H groups in total. The lowest BCUT2D eigenvalue weighted by Gasteiger charge is -2.28. The number of fused-ring (bicyclic) bond motifs is 1. The predicted octanol–water partition coefficient (Wildman–Crippen LogP) is 9.51. The molecule has 7 heteroatoms. The van der Waals surface area contributed by atoms with Crippen molar-refractivity contribution in [3.05, 3.63) is 138 Å². The van der Waals surface area contributed by atoms with Gasteiger partial charge in [-0.2, -0.15) is 0 Å². The quantitative estimate of drug-likeness (QED) is 0.0474. The summed E-state index contributed by atoms with van der Waals surface area (Å²) in [7, 11) is -1.08. The van der Waals surface area contributed by atoms with Crippen molar-refractivity contribution in [2.45, 2.75) is 91.8 Å². The van der Waals surface area contributed by atoms with E-state index in [1.165, 1.54) is 85.2 Å². The number of unbranched alkanes of at least 4 members (excludes halogenated alkanes) is 3. The first-order valence-corrected chi connectivity index (χ1v) is 22.3. The number of anilines is 3. The average molecular weight is 763 g/mol. The number of carbonyl (C=O) groups excluding carboxylic acids is 1. The lowest BCUT2D eigenvalue weighted by atomic mass is 10.0. The molecule has 0 aliphatic rings. The molecule has 286 valence electrons. The number of nitrogens with one attached hydrogen (secondary N) is 3. The number of carbonyl (C=O) groups is 1. The summed E-state index contributed by atoms with van der Waals surface area (Å²) < 4.78 is 0. The fourth-order valence-corrected chi connectivity index (χ4v) is 12.0. The summed E-state index contributed by atoms with van der Waals surface area (Å²) in [4.78, 5) is 19.4. The lowest BCUT2D eigenvalue weighted by Crippen LogP contribution is -3.00. The van der Waals surface area contributed by atoms with Gasteiger partial charge >= 0.3 is 0 Å². The first-order valence-electron chi connectivity index (χ1n) is 19.8. The number of rotatable bonds is 18. The number of halogens is 1. The van der Waals surface area contributed by atoms with Crippen molar-refractivity contribution in [1.29, 1.82) is 0 Å². The van der Waals surface area contributed by atoms with E-state index < -0.39 is 13.3 Å². The highest BCUT2D eigenvalue weighted by Gasteiger charge is 2.35. The van der Waals surface area contributed by atoms with Gasteiger partial charge in [0.15, 0.2) is 0 Å². The van der Waals surface area contributed by atoms with Gasteiger partial charge in [-0.1, -0.05) is 130 Å². The second-order valence-electron chi connectivity index (χ2n) is 14.8. The lowest BCUT2D eigenvalue weighted by molar-refractivity contribution is -0.117. The van der Waals surface area contributed by atoms with Crippen molar-refractivity contribution in [1.82, 2.24) is 0 Å². The van der Waals surface area contributed by atoms with Gasteiger partial charge in [0.25, 0.3) is 0 Å². The maximum Gasteiger partial charge on any atom is 0.249 e. The molecule has 0 saturated carbocycles. The van der Waals surface area contributed by atoms with E-state index >= 15 is 0 Å². The van der Waals surface area contributed by atoms with Crippen LogP contribution in [-0.4, -0.2) is 36.4 Å². The zero-order valence-electron chi connectivity index (χ0n) is 33.0. The molecule has 5 rings (SSSR count). The molecule has 5 nitrogen and oxygen atoms in total. The molecule has 1 atom stereocenters. The first kappa shape index (κ1) is 42.6. The summed E-state index contributed by atoms with van der Waals surface area (Å²) >= 11 is 0. The number of guanidine groups is 1. The highest BCUT2D eigenvalue weighted by molar-refractivity contribution is 7.75. The van der Waals surface area contributed by atoms with Crippen molar-refractivity contribution >= 4 is 47.0 Å². The van der Waals surface area contributed by atoms with Gasteiger partial charge in [-0.3, -0.25) is 4.79 Å². The second-order valence-corrected chi connectivity index (χ2v) is 19.1. The molecule has 0 fully saturated rings. The van der Waals surface area contributed by atoms with Crippen molar-refractivity contribution in [2.24, 2.45) is 4.99 Å². The summed E-state index contributed by atoms with van der Waals surface area (Å²) in [5.41, 5.74) is 7.40. The van der Waals surface area contributed by atoms with Crippen LogP contribution < -0.4 is 28.4 Å². The molecule has 5 aromatic carbocycles. The molecule has 0 unspecified atom stereocenters. The van der Waals surface area contributed by atoms with E-state index in [2.05, 4.69) is 142 Å². The Morgan fingerprint density at radius 1 is 0.593 bits per heavy atom. The SMILES string of the molecule is CCCC[P+](CCCC)(CCCC)Cc1ccc(NC(=O)[C@@H](Cc2ccc3ccccc3c2)N=C(Nc2ccc(C)cc2)Nc2ccc(C)cc2)cc1.[Cl-]. The normalized spacial score (nSPS) is 11.7. The van der Waals surface area contributed by atoms with E-state index in [1.807, 2.05) is 24.3 Å². The van der Waals surface area contributed by atoms with Gasteiger partial charge in [0.05, 0.1) is 24.6 Å². The zero-order chi connectivity index (χ0) is 37.5. The summed E-state index contributed by atoms with van der Waals surface area (Å²) in [5, 5.41) is 12.5. The van der Waals surface area contributed by atoms with E-state index in [1.54, 1.807) is 0 Å². The van der Waals surface area contributed by atoms with Crippen LogP contribution in [0.25, 0.3) is 10.8 Å². The van der Waals surface area contributed by atoms with Gasteiger partial charge in [0.1, 0.15) is 6.04 Å². The van der Waals surface area contributed by atoms with Gasteiger partial charge in [0.2, 0.25) is 11.9 Å². The topological polar surface area (TPSA) is 65.5 Å². The third kappa shape index (κ3) is 13.0. The second kappa shape index (κ2) is 21.6. The maximum absolute atomic E-state index is 14.3. The Kier molecular flexibility index (Phi) is 17.1. The summed E-state index contributed by atoms with van der Waals surface area (Å²) in [6, 6.07) is 39.1. The van der Waals surface area contributed by atoms with Crippen molar-refractivity contribution in [2.75, 3.05) is 34.4 Å². The van der Waals surface area contributed by atoms with Crippen LogP contribution in [0.3, 0.4) is 0 Å². The molecule has 0 saturated heterocycles. The third-order valence-electron chi connectivity index (χ3n) is 10.2. The minimum atomic E-state index is -1.08. The Morgan fingerprint density at radius 3 is 1.57 bits per heavy atom. The van der Waals surface area contributed by atoms with Crippen LogP contribution in [0.1, 0.15) is 81.5 Å². The zero-order valence-corrected chi connectivity index (χ0v) is 34.7. The summed E-state index contributed by atoms with van der Waals surface area (Å²) in [5.74, 6) is 0.371. The van der Waals surface area contributed by atoms with E-state index in [0.717, 1.165) is 28.0 Å². The van der Waals surface area contributed by atoms with Crippen LogP contribution in [0.15, 0.2) is 120 Å². The van der Waals surface area contributed by atoms with Gasteiger partial charge < -0.3 is 28.4 Å². The predicted molar refractivity (Wildman–Crippen MR) is 233 cm³/mol. The number of benzene rings is 5.